The van der Waals surface area contributed by atoms with E-state index in [9.17, 15) is 4.79 Å². The van der Waals surface area contributed by atoms with Crippen molar-refractivity contribution in [1.29, 1.82) is 5.26 Å². The molecular formula is C9H5BrClNO2. The van der Waals surface area contributed by atoms with E-state index in [1.807, 2.05) is 6.07 Å². The van der Waals surface area contributed by atoms with E-state index in [1.54, 1.807) is 6.92 Å². The third kappa shape index (κ3) is 1.74. The van der Waals surface area contributed by atoms with Gasteiger partial charge >= 0.3 is 5.97 Å². The van der Waals surface area contributed by atoms with Crippen LogP contribution < -0.4 is 0 Å². The Labute approximate surface area is 94.0 Å². The van der Waals surface area contributed by atoms with Crippen LogP contribution in [0.25, 0.3) is 0 Å². The summed E-state index contributed by atoms with van der Waals surface area (Å²) in [5.74, 6) is -1.09. The number of carboxylic acids is 1. The Bertz CT molecular complexity index is 451. The van der Waals surface area contributed by atoms with Gasteiger partial charge in [-0.2, -0.15) is 5.26 Å². The van der Waals surface area contributed by atoms with E-state index in [0.29, 0.717) is 10.0 Å². The molecule has 0 radical (unpaired) electrons. The van der Waals surface area contributed by atoms with Crippen molar-refractivity contribution in [2.24, 2.45) is 0 Å². The van der Waals surface area contributed by atoms with Crippen LogP contribution in [0.2, 0.25) is 5.02 Å². The van der Waals surface area contributed by atoms with E-state index in [1.165, 1.54) is 6.07 Å². The van der Waals surface area contributed by atoms with Crippen LogP contribution in [0.3, 0.4) is 0 Å². The van der Waals surface area contributed by atoms with Crippen molar-refractivity contribution in [3.05, 3.63) is 32.3 Å². The Morgan fingerprint density at radius 1 is 1.71 bits per heavy atom. The second-order valence-corrected chi connectivity index (χ2v) is 3.81. The van der Waals surface area contributed by atoms with Crippen molar-refractivity contribution in [1.82, 2.24) is 0 Å². The second-order valence-electron chi connectivity index (χ2n) is 2.64. The van der Waals surface area contributed by atoms with Gasteiger partial charge in [0.2, 0.25) is 0 Å². The minimum atomic E-state index is -1.09. The lowest BCUT2D eigenvalue weighted by molar-refractivity contribution is 0.0695. The fraction of sp³-hybridized carbons (Fsp3) is 0.111. The number of aromatic carboxylic acids is 1. The summed E-state index contributed by atoms with van der Waals surface area (Å²) >= 11 is 8.95. The van der Waals surface area contributed by atoms with Crippen molar-refractivity contribution in [2.45, 2.75) is 6.92 Å². The van der Waals surface area contributed by atoms with Crippen LogP contribution in [-0.2, 0) is 0 Å². The van der Waals surface area contributed by atoms with Crippen LogP contribution in [-0.4, -0.2) is 11.1 Å². The predicted octanol–water partition coefficient (Wildman–Crippen LogP) is 2.98. The Morgan fingerprint density at radius 2 is 2.29 bits per heavy atom. The third-order valence-electron chi connectivity index (χ3n) is 1.77. The van der Waals surface area contributed by atoms with Crippen LogP contribution in [0.4, 0.5) is 0 Å². The van der Waals surface area contributed by atoms with Gasteiger partial charge in [-0.05, 0) is 34.5 Å². The fourth-order valence-corrected chi connectivity index (χ4v) is 1.80. The molecule has 72 valence electrons. The van der Waals surface area contributed by atoms with Crippen molar-refractivity contribution >= 4 is 33.5 Å². The average Bonchev–Trinajstić information content (AvgIpc) is 2.14. The largest absolute Gasteiger partial charge is 0.478 e. The number of hydrogen-bond acceptors (Lipinski definition) is 2. The highest BCUT2D eigenvalue weighted by Crippen LogP contribution is 2.30. The molecule has 0 saturated heterocycles. The van der Waals surface area contributed by atoms with Crippen LogP contribution in [0, 0.1) is 18.3 Å². The van der Waals surface area contributed by atoms with Gasteiger partial charge in [0.05, 0.1) is 16.1 Å². The molecule has 0 spiro atoms. The fourth-order valence-electron chi connectivity index (χ4n) is 1.01. The molecule has 0 heterocycles. The summed E-state index contributed by atoms with van der Waals surface area (Å²) in [7, 11) is 0. The number of rotatable bonds is 1. The van der Waals surface area contributed by atoms with E-state index < -0.39 is 5.97 Å². The molecule has 3 nitrogen and oxygen atoms in total. The lowest BCUT2D eigenvalue weighted by Gasteiger charge is -2.06. The summed E-state index contributed by atoms with van der Waals surface area (Å²) in [6, 6.07) is 3.09. The number of nitriles is 1. The molecule has 0 atom stereocenters. The molecule has 0 aliphatic rings. The number of carboxylic acid groups (broad SMARTS) is 1. The number of nitrogens with zero attached hydrogens (tertiary/aromatic N) is 1. The summed E-state index contributed by atoms with van der Waals surface area (Å²) in [6.45, 7) is 1.65. The zero-order valence-electron chi connectivity index (χ0n) is 7.14. The molecule has 0 aromatic heterocycles. The quantitative estimate of drug-likeness (QED) is 0.856. The summed E-state index contributed by atoms with van der Waals surface area (Å²) in [5.41, 5.74) is 0.774. The van der Waals surface area contributed by atoms with Gasteiger partial charge in [0.25, 0.3) is 0 Å². The molecule has 0 aliphatic heterocycles. The molecule has 0 amide bonds. The van der Waals surface area contributed by atoms with Crippen LogP contribution in [0.5, 0.6) is 0 Å². The Hall–Kier alpha value is -1.05. The number of carbonyl (C=O) groups is 1. The van der Waals surface area contributed by atoms with Gasteiger partial charge in [-0.3, -0.25) is 0 Å². The van der Waals surface area contributed by atoms with E-state index in [0.717, 1.165) is 0 Å². The van der Waals surface area contributed by atoms with Gasteiger partial charge < -0.3 is 5.11 Å². The Kier molecular flexibility index (Phi) is 3.14. The molecule has 5 heteroatoms. The highest BCUT2D eigenvalue weighted by Gasteiger charge is 2.16. The molecule has 0 bridgehead atoms. The van der Waals surface area contributed by atoms with Gasteiger partial charge in [-0.25, -0.2) is 4.79 Å². The summed E-state index contributed by atoms with van der Waals surface area (Å²) < 4.78 is 0.411. The molecule has 0 aliphatic carbocycles. The van der Waals surface area contributed by atoms with Gasteiger partial charge in [0.1, 0.15) is 6.07 Å². The van der Waals surface area contributed by atoms with Gasteiger partial charge in [-0.1, -0.05) is 11.6 Å². The highest BCUT2D eigenvalue weighted by atomic mass is 79.9. The van der Waals surface area contributed by atoms with Crippen LogP contribution in [0.1, 0.15) is 21.5 Å². The predicted molar refractivity (Wildman–Crippen MR) is 55.6 cm³/mol. The number of halogens is 2. The average molecular weight is 275 g/mol. The second kappa shape index (κ2) is 3.99. The van der Waals surface area contributed by atoms with Crippen molar-refractivity contribution in [2.75, 3.05) is 0 Å². The maximum atomic E-state index is 10.8. The summed E-state index contributed by atoms with van der Waals surface area (Å²) in [4.78, 5) is 10.8. The summed E-state index contributed by atoms with van der Waals surface area (Å²) in [5, 5.41) is 17.8. The van der Waals surface area contributed by atoms with E-state index in [4.69, 9.17) is 22.0 Å². The Morgan fingerprint density at radius 3 is 2.71 bits per heavy atom. The lowest BCUT2D eigenvalue weighted by Crippen LogP contribution is -2.01. The number of benzene rings is 1. The molecule has 1 aromatic rings. The zero-order chi connectivity index (χ0) is 10.9. The highest BCUT2D eigenvalue weighted by molar-refractivity contribution is 9.10. The lowest BCUT2D eigenvalue weighted by atomic mass is 10.1. The molecule has 0 fully saturated rings. The van der Waals surface area contributed by atoms with E-state index in [-0.39, 0.29) is 16.1 Å². The normalized spacial score (nSPS) is 9.57. The van der Waals surface area contributed by atoms with Crippen molar-refractivity contribution in [3.8, 4) is 6.07 Å². The first-order valence-corrected chi connectivity index (χ1v) is 4.78. The van der Waals surface area contributed by atoms with E-state index >= 15 is 0 Å². The Balaban J connectivity index is 3.59. The van der Waals surface area contributed by atoms with Gasteiger partial charge in [-0.15, -0.1) is 0 Å². The third-order valence-corrected chi connectivity index (χ3v) is 3.28. The van der Waals surface area contributed by atoms with Crippen LogP contribution in [0.15, 0.2) is 10.5 Å². The minimum Gasteiger partial charge on any atom is -0.478 e. The summed E-state index contributed by atoms with van der Waals surface area (Å²) in [6.07, 6.45) is 0. The first-order valence-electron chi connectivity index (χ1n) is 3.61. The molecule has 14 heavy (non-hydrogen) atoms. The van der Waals surface area contributed by atoms with Gasteiger partial charge in [0, 0.05) is 4.47 Å². The molecule has 0 unspecified atom stereocenters. The smallest absolute Gasteiger partial charge is 0.336 e. The van der Waals surface area contributed by atoms with Crippen molar-refractivity contribution in [3.63, 3.8) is 0 Å². The standard InChI is InChI=1S/C9H5BrClNO2/c1-4-7(10)6(9(13)14)2-5(3-12)8(4)11/h2H,1H3,(H,13,14). The zero-order valence-corrected chi connectivity index (χ0v) is 9.48. The van der Waals surface area contributed by atoms with Gasteiger partial charge in [0.15, 0.2) is 0 Å². The van der Waals surface area contributed by atoms with Crippen molar-refractivity contribution < 1.29 is 9.90 Å². The molecule has 1 N–H and O–H groups in total. The monoisotopic (exact) mass is 273 g/mol. The first kappa shape index (κ1) is 11.0. The maximum absolute atomic E-state index is 10.8. The minimum absolute atomic E-state index is 0.0449. The molecule has 0 saturated carbocycles. The molecule has 1 aromatic carbocycles. The topological polar surface area (TPSA) is 61.1 Å². The first-order chi connectivity index (χ1) is 6.49. The van der Waals surface area contributed by atoms with E-state index in [2.05, 4.69) is 15.9 Å². The van der Waals surface area contributed by atoms with Crippen LogP contribution >= 0.6 is 27.5 Å². The number of hydrogen-bond donors (Lipinski definition) is 1. The molecular weight excluding hydrogens is 269 g/mol. The SMILES string of the molecule is Cc1c(Cl)c(C#N)cc(C(=O)O)c1Br. The molecule has 1 rings (SSSR count). The maximum Gasteiger partial charge on any atom is 0.336 e.